The number of Topliss-reactive ketones (excluding diaryl/α,β-unsaturated/α-hetero) is 1. The average Bonchev–Trinajstić information content (AvgIpc) is 3.87. The van der Waals surface area contributed by atoms with Crippen LogP contribution in [0.3, 0.4) is 0 Å². The maximum Gasteiger partial charge on any atom is 0.319 e. The zero-order chi connectivity index (χ0) is 57.3. The molecule has 0 spiro atoms. The number of ketones is 1. The predicted molar refractivity (Wildman–Crippen MR) is 306 cm³/mol. The third-order valence-electron chi connectivity index (χ3n) is 15.4. The van der Waals surface area contributed by atoms with Crippen molar-refractivity contribution in [2.75, 3.05) is 26.2 Å². The van der Waals surface area contributed by atoms with Gasteiger partial charge < -0.3 is 45.9 Å². The number of carbonyl (C=O) groups is 5. The van der Waals surface area contributed by atoms with Crippen LogP contribution in [0.2, 0.25) is 0 Å². The monoisotopic (exact) mass is 1090 g/mol. The first-order valence-corrected chi connectivity index (χ1v) is 28.2. The Labute approximate surface area is 468 Å². The lowest BCUT2D eigenvalue weighted by molar-refractivity contribution is -0.135. The second-order valence-corrected chi connectivity index (χ2v) is 23.2. The summed E-state index contributed by atoms with van der Waals surface area (Å²) in [5.74, 6) is -1.56. The molecule has 5 unspecified atom stereocenters. The van der Waals surface area contributed by atoms with E-state index in [2.05, 4.69) is 40.9 Å². The van der Waals surface area contributed by atoms with Gasteiger partial charge in [0.25, 0.3) is 0 Å². The van der Waals surface area contributed by atoms with Gasteiger partial charge >= 0.3 is 6.01 Å². The van der Waals surface area contributed by atoms with Crippen LogP contribution in [0.1, 0.15) is 110 Å². The Morgan fingerprint density at radius 3 is 1.96 bits per heavy atom. The van der Waals surface area contributed by atoms with Crippen LogP contribution >= 0.6 is 0 Å². The van der Waals surface area contributed by atoms with E-state index in [1.807, 2.05) is 133 Å². The van der Waals surface area contributed by atoms with Crippen LogP contribution < -0.4 is 21.3 Å². The van der Waals surface area contributed by atoms with Crippen molar-refractivity contribution in [3.63, 3.8) is 0 Å². The number of aromatic nitrogens is 4. The fourth-order valence-electron chi connectivity index (χ4n) is 10.8. The highest BCUT2D eigenvalue weighted by molar-refractivity contribution is 5.99. The molecule has 2 aromatic heterocycles. The average molecular weight is 1090 g/mol. The van der Waals surface area contributed by atoms with Gasteiger partial charge in [0.05, 0.1) is 30.4 Å². The number of fused-ring (bicyclic) bond motifs is 1. The van der Waals surface area contributed by atoms with Crippen molar-refractivity contribution in [1.82, 2.24) is 45.5 Å². The molecule has 18 heteroatoms. The van der Waals surface area contributed by atoms with Crippen LogP contribution in [-0.2, 0) is 48.1 Å². The summed E-state index contributed by atoms with van der Waals surface area (Å²) in [7, 11) is 0. The molecule has 0 saturated carbocycles. The Balaban J connectivity index is 0.882. The van der Waals surface area contributed by atoms with Crippen molar-refractivity contribution in [3.8, 4) is 34.6 Å². The summed E-state index contributed by atoms with van der Waals surface area (Å²) in [5.41, 5.74) is 3.43. The summed E-state index contributed by atoms with van der Waals surface area (Å²) < 4.78 is 9.14. The molecular formula is C62H79N9O9. The molecule has 6 aromatic rings. The fourth-order valence-corrected chi connectivity index (χ4v) is 10.8. The number of rotatable bonds is 26. The van der Waals surface area contributed by atoms with Crippen molar-refractivity contribution in [2.24, 2.45) is 17.8 Å². The largest absolute Gasteiger partial charge is 0.508 e. The van der Waals surface area contributed by atoms with Gasteiger partial charge in [-0.3, -0.25) is 28.9 Å². The van der Waals surface area contributed by atoms with Gasteiger partial charge in [-0.05, 0) is 136 Å². The molecule has 80 heavy (non-hydrogen) atoms. The molecule has 18 nitrogen and oxygen atoms in total. The Morgan fingerprint density at radius 2 is 1.31 bits per heavy atom. The summed E-state index contributed by atoms with van der Waals surface area (Å²) in [6.07, 6.45) is 6.36. The number of amides is 4. The quantitative estimate of drug-likeness (QED) is 0.0261. The number of aromatic hydroxyl groups is 3. The Hall–Kier alpha value is -7.57. The summed E-state index contributed by atoms with van der Waals surface area (Å²) >= 11 is 0. The van der Waals surface area contributed by atoms with Gasteiger partial charge in [0.1, 0.15) is 35.2 Å². The second-order valence-electron chi connectivity index (χ2n) is 23.2. The van der Waals surface area contributed by atoms with Crippen LogP contribution in [0.15, 0.2) is 103 Å². The van der Waals surface area contributed by atoms with Gasteiger partial charge in [0, 0.05) is 36.1 Å². The number of likely N-dealkylation sites (tertiary alicyclic amines) is 1. The fraction of sp³-hybridized carbons (Fsp3) is 0.468. The number of nitrogens with one attached hydrogen (secondary N) is 4. The maximum absolute atomic E-state index is 14.4. The van der Waals surface area contributed by atoms with E-state index in [0.717, 1.165) is 47.8 Å². The Morgan fingerprint density at radius 1 is 0.700 bits per heavy atom. The van der Waals surface area contributed by atoms with E-state index in [9.17, 15) is 39.3 Å². The number of hydrogen-bond acceptors (Lipinski definition) is 12. The van der Waals surface area contributed by atoms with Crippen molar-refractivity contribution in [1.29, 1.82) is 0 Å². The van der Waals surface area contributed by atoms with Gasteiger partial charge in [-0.25, -0.2) is 4.57 Å². The molecule has 4 heterocycles. The molecule has 2 aliphatic rings. The minimum Gasteiger partial charge on any atom is -0.508 e. The van der Waals surface area contributed by atoms with E-state index in [0.29, 0.717) is 48.7 Å². The van der Waals surface area contributed by atoms with E-state index >= 15 is 0 Å². The summed E-state index contributed by atoms with van der Waals surface area (Å²) in [6, 6.07) is 25.6. The molecule has 7 N–H and O–H groups in total. The van der Waals surface area contributed by atoms with Gasteiger partial charge in [-0.15, -0.1) is 5.10 Å². The first-order chi connectivity index (χ1) is 38.2. The molecule has 4 amide bonds. The summed E-state index contributed by atoms with van der Waals surface area (Å²) in [5, 5.41) is 53.0. The van der Waals surface area contributed by atoms with E-state index < -0.39 is 47.5 Å². The number of carbonyl (C=O) groups excluding carboxylic acids is 5. The number of hydrogen-bond donors (Lipinski definition) is 7. The number of ether oxygens (including phenoxy) is 1. The molecule has 0 aliphatic carbocycles. The zero-order valence-electron chi connectivity index (χ0n) is 47.2. The molecular weight excluding hydrogens is 1010 g/mol. The van der Waals surface area contributed by atoms with Crippen molar-refractivity contribution in [3.05, 3.63) is 120 Å². The van der Waals surface area contributed by atoms with Gasteiger partial charge in [0.15, 0.2) is 11.6 Å². The van der Waals surface area contributed by atoms with E-state index in [1.165, 1.54) is 10.6 Å². The predicted octanol–water partition coefficient (Wildman–Crippen LogP) is 7.50. The minimum atomic E-state index is -1.07. The van der Waals surface area contributed by atoms with Crippen LogP contribution in [0.5, 0.6) is 17.5 Å². The van der Waals surface area contributed by atoms with Crippen LogP contribution in [-0.4, -0.2) is 125 Å². The number of aryl methyl sites for hydroxylation is 2. The first kappa shape index (κ1) is 58.6. The van der Waals surface area contributed by atoms with Crippen molar-refractivity contribution < 1.29 is 44.0 Å². The molecule has 0 radical (unpaired) electrons. The molecule has 2 fully saturated rings. The number of phenolic OH excluding ortho intramolecular Hbond substituents is 2. The molecule has 2 aliphatic heterocycles. The van der Waals surface area contributed by atoms with Crippen LogP contribution in [0.25, 0.3) is 28.0 Å². The molecule has 8 rings (SSSR count). The molecule has 5 atom stereocenters. The smallest absolute Gasteiger partial charge is 0.319 e. The lowest BCUT2D eigenvalue weighted by Gasteiger charge is -2.32. The molecule has 2 saturated heterocycles. The van der Waals surface area contributed by atoms with Gasteiger partial charge in [0.2, 0.25) is 23.6 Å². The normalized spacial score (nSPS) is 17.3. The summed E-state index contributed by atoms with van der Waals surface area (Å²) in [6.45, 7) is 16.0. The number of nitrogens with zero attached hydrogens (tertiary/aromatic N) is 5. The lowest BCUT2D eigenvalue weighted by Crippen LogP contribution is -2.59. The van der Waals surface area contributed by atoms with Crippen molar-refractivity contribution in [2.45, 2.75) is 142 Å². The SMILES string of the molecule is CC(C)CC(NC(=O)C(CCc1ccccc1)NC(=O)CN1CCC(CCn2ccc3cc(-n4c(O)nnc4-c4cc(C(C)C)c(O)cc4O)ccc32)CC1)C(=O)NC(Cc1ccccc1)C(=O)NC(CC(C)C)C(=O)C1(C)CO1. The van der Waals surface area contributed by atoms with Gasteiger partial charge in [-0.1, -0.05) is 107 Å². The molecule has 4 aromatic carbocycles. The molecule has 426 valence electrons. The second kappa shape index (κ2) is 26.1. The van der Waals surface area contributed by atoms with Crippen molar-refractivity contribution >= 4 is 40.3 Å². The zero-order valence-corrected chi connectivity index (χ0v) is 47.2. The van der Waals surface area contributed by atoms with Crippen LogP contribution in [0, 0.1) is 17.8 Å². The van der Waals surface area contributed by atoms with Gasteiger partial charge in [-0.2, -0.15) is 0 Å². The standard InChI is InChI=1S/C62H79N9O9/c1-38(2)30-49(56(75)62(7)37-80-62)64-60(78)51(32-43-16-12-9-13-17-43)66-59(77)50(31-39(3)4)65-58(76)48(20-18-41-14-10-8-11-15-41)63-55(74)36-69-26-22-42(23-27-69)24-28-70-29-25-44-33-45(19-21-52(44)70)71-57(67-68-61(71)79)47-34-46(40(5)6)53(72)35-54(47)73/h8-17,19,21,25,29,33-35,38-40,42,48-51,72-73H,18,20,22-24,26-28,30-32,36-37H2,1-7H3,(H,63,74)(H,64,78)(H,65,76)(H,66,77)(H,68,79). The summed E-state index contributed by atoms with van der Waals surface area (Å²) in [4.78, 5) is 72.6. The highest BCUT2D eigenvalue weighted by Gasteiger charge is 2.50. The highest BCUT2D eigenvalue weighted by atomic mass is 16.6. The Bertz CT molecular complexity index is 3110. The number of piperidine rings is 1. The van der Waals surface area contributed by atoms with E-state index in [1.54, 1.807) is 13.0 Å². The van der Waals surface area contributed by atoms with E-state index in [4.69, 9.17) is 4.74 Å². The highest BCUT2D eigenvalue weighted by Crippen LogP contribution is 2.39. The minimum absolute atomic E-state index is 0.0228. The number of phenols is 2. The third kappa shape index (κ3) is 15.0. The lowest BCUT2D eigenvalue weighted by atomic mass is 9.93. The topological polar surface area (TPSA) is 246 Å². The first-order valence-electron chi connectivity index (χ1n) is 28.2. The number of benzene rings is 4. The third-order valence-corrected chi connectivity index (χ3v) is 15.4. The number of epoxide rings is 1. The van der Waals surface area contributed by atoms with E-state index in [-0.39, 0.29) is 85.2 Å². The molecule has 0 bridgehead atoms. The Kier molecular flexibility index (Phi) is 19.1. The van der Waals surface area contributed by atoms with Crippen LogP contribution in [0.4, 0.5) is 0 Å². The maximum atomic E-state index is 14.4.